The molecular weight excluding hydrogens is 318 g/mol. The fourth-order valence-corrected chi connectivity index (χ4v) is 0.757. The van der Waals surface area contributed by atoms with E-state index in [2.05, 4.69) is 44.4 Å². The van der Waals surface area contributed by atoms with Crippen molar-refractivity contribution in [3.8, 4) is 0 Å². The lowest BCUT2D eigenvalue weighted by molar-refractivity contribution is 0.361. The van der Waals surface area contributed by atoms with Crippen LogP contribution in [-0.2, 0) is 23.6 Å². The van der Waals surface area contributed by atoms with Crippen molar-refractivity contribution in [1.29, 1.82) is 0 Å². The zero-order chi connectivity index (χ0) is 15.4. The SMILES string of the molecule is CCCCC(C)CC.OP(O)(O)=S.OP(O)(O)=S. The van der Waals surface area contributed by atoms with Crippen LogP contribution in [0, 0.1) is 5.92 Å². The molecule has 0 aliphatic rings. The van der Waals surface area contributed by atoms with Crippen molar-refractivity contribution in [2.75, 3.05) is 0 Å². The van der Waals surface area contributed by atoms with Crippen LogP contribution in [0.2, 0.25) is 0 Å². The van der Waals surface area contributed by atoms with E-state index in [1.807, 2.05) is 0 Å². The third kappa shape index (κ3) is 88.3. The fourth-order valence-electron chi connectivity index (χ4n) is 0.757. The molecule has 6 nitrogen and oxygen atoms in total. The third-order valence-electron chi connectivity index (χ3n) is 1.75. The van der Waals surface area contributed by atoms with Gasteiger partial charge in [0.05, 0.1) is 0 Å². The number of hydrogen-bond donors (Lipinski definition) is 6. The maximum Gasteiger partial charge on any atom is 0.319 e. The molecule has 0 radical (unpaired) electrons. The molecule has 0 heterocycles. The monoisotopic (exact) mass is 342 g/mol. The Labute approximate surface area is 119 Å². The van der Waals surface area contributed by atoms with Gasteiger partial charge in [0.15, 0.2) is 0 Å². The molecule has 0 bridgehead atoms. The van der Waals surface area contributed by atoms with Crippen molar-refractivity contribution in [1.82, 2.24) is 0 Å². The highest BCUT2D eigenvalue weighted by Crippen LogP contribution is 2.26. The first-order chi connectivity index (χ1) is 7.81. The van der Waals surface area contributed by atoms with Crippen molar-refractivity contribution in [3.05, 3.63) is 0 Å². The molecule has 0 aliphatic heterocycles. The summed E-state index contributed by atoms with van der Waals surface area (Å²) in [6.45, 7) is -0.766. The van der Waals surface area contributed by atoms with Crippen molar-refractivity contribution < 1.29 is 29.4 Å². The van der Waals surface area contributed by atoms with Crippen LogP contribution in [0.25, 0.3) is 0 Å². The second-order valence-corrected chi connectivity index (χ2v) is 8.67. The average molecular weight is 342 g/mol. The molecule has 18 heavy (non-hydrogen) atoms. The van der Waals surface area contributed by atoms with Gasteiger partial charge in [-0.05, 0) is 29.5 Å². The Hall–Kier alpha value is 1.06. The molecule has 0 amide bonds. The summed E-state index contributed by atoms with van der Waals surface area (Å²) in [5.41, 5.74) is 0. The highest BCUT2D eigenvalue weighted by molar-refractivity contribution is 8.06. The largest absolute Gasteiger partial charge is 0.325 e. The molecule has 0 aromatic heterocycles. The minimum absolute atomic E-state index is 0.954. The first-order valence-corrected chi connectivity index (χ1v) is 10.7. The van der Waals surface area contributed by atoms with Crippen LogP contribution in [0.4, 0.5) is 0 Å². The molecule has 0 aromatic rings. The Morgan fingerprint density at radius 1 is 0.889 bits per heavy atom. The standard InChI is InChI=1S/C8H18.2H3O3PS/c1-4-6-7-8(3)5-2;2*1-4(2,3)5/h8H,4-7H2,1-3H3;2*(H3,1,2,3,5). The van der Waals surface area contributed by atoms with Crippen LogP contribution in [0.3, 0.4) is 0 Å². The summed E-state index contributed by atoms with van der Waals surface area (Å²) >= 11 is 7.21. The van der Waals surface area contributed by atoms with Crippen LogP contribution in [-0.4, -0.2) is 29.4 Å². The van der Waals surface area contributed by atoms with Crippen molar-refractivity contribution in [3.63, 3.8) is 0 Å². The van der Waals surface area contributed by atoms with Gasteiger partial charge in [-0.15, -0.1) is 0 Å². The summed E-state index contributed by atoms with van der Waals surface area (Å²) in [4.78, 5) is 45.3. The van der Waals surface area contributed by atoms with Gasteiger partial charge in [-0.2, -0.15) is 0 Å². The number of hydrogen-bond acceptors (Lipinski definition) is 2. The zero-order valence-electron chi connectivity index (χ0n) is 10.8. The molecular formula is C8H24O6P2S2. The highest BCUT2D eigenvalue weighted by atomic mass is 32.5. The van der Waals surface area contributed by atoms with Crippen LogP contribution >= 0.6 is 13.4 Å². The second kappa shape index (κ2) is 13.1. The van der Waals surface area contributed by atoms with E-state index in [-0.39, 0.29) is 0 Å². The summed E-state index contributed by atoms with van der Waals surface area (Å²) in [6.07, 6.45) is 5.53. The molecule has 1 unspecified atom stereocenters. The third-order valence-corrected chi connectivity index (χ3v) is 1.75. The lowest BCUT2D eigenvalue weighted by atomic mass is 10.0. The lowest BCUT2D eigenvalue weighted by Crippen LogP contribution is -1.89. The molecule has 114 valence electrons. The van der Waals surface area contributed by atoms with E-state index >= 15 is 0 Å². The van der Waals surface area contributed by atoms with Gasteiger partial charge in [-0.25, -0.2) is 0 Å². The van der Waals surface area contributed by atoms with Crippen molar-refractivity contribution >= 4 is 37.1 Å². The van der Waals surface area contributed by atoms with E-state index in [4.69, 9.17) is 29.4 Å². The van der Waals surface area contributed by atoms with E-state index in [1.165, 1.54) is 25.7 Å². The minimum atomic E-state index is -3.81. The van der Waals surface area contributed by atoms with Gasteiger partial charge >= 0.3 is 13.4 Å². The van der Waals surface area contributed by atoms with Gasteiger partial charge in [-0.1, -0.05) is 46.5 Å². The Morgan fingerprint density at radius 2 is 1.17 bits per heavy atom. The summed E-state index contributed by atoms with van der Waals surface area (Å²) < 4.78 is 0. The van der Waals surface area contributed by atoms with Gasteiger partial charge in [0, 0.05) is 0 Å². The van der Waals surface area contributed by atoms with Gasteiger partial charge in [0.1, 0.15) is 0 Å². The Bertz CT molecular complexity index is 228. The summed E-state index contributed by atoms with van der Waals surface area (Å²) in [6, 6.07) is 0. The maximum atomic E-state index is 7.56. The van der Waals surface area contributed by atoms with E-state index in [0.29, 0.717) is 0 Å². The molecule has 6 N–H and O–H groups in total. The molecule has 0 rings (SSSR count). The molecule has 0 aromatic carbocycles. The Morgan fingerprint density at radius 3 is 1.33 bits per heavy atom. The van der Waals surface area contributed by atoms with E-state index in [0.717, 1.165) is 5.92 Å². The van der Waals surface area contributed by atoms with E-state index in [1.54, 1.807) is 0 Å². The smallest absolute Gasteiger partial charge is 0.319 e. The van der Waals surface area contributed by atoms with Crippen LogP contribution in [0.5, 0.6) is 0 Å². The fraction of sp³-hybridized carbons (Fsp3) is 1.00. The topological polar surface area (TPSA) is 121 Å². The molecule has 10 heteroatoms. The molecule has 0 saturated carbocycles. The van der Waals surface area contributed by atoms with Crippen LogP contribution < -0.4 is 0 Å². The Kier molecular flexibility index (Phi) is 17.5. The summed E-state index contributed by atoms with van der Waals surface area (Å²) in [5.74, 6) is 0.954. The normalized spacial score (nSPS) is 12.7. The minimum Gasteiger partial charge on any atom is -0.325 e. The summed E-state index contributed by atoms with van der Waals surface area (Å²) in [5, 5.41) is 0. The first kappa shape index (κ1) is 24.1. The van der Waals surface area contributed by atoms with Gasteiger partial charge in [0.2, 0.25) is 0 Å². The summed E-state index contributed by atoms with van der Waals surface area (Å²) in [7, 11) is 0. The predicted molar refractivity (Wildman–Crippen MR) is 80.9 cm³/mol. The highest BCUT2D eigenvalue weighted by Gasteiger charge is 1.94. The lowest BCUT2D eigenvalue weighted by Gasteiger charge is -2.04. The average Bonchev–Trinajstić information content (AvgIpc) is 2.08. The van der Waals surface area contributed by atoms with E-state index in [9.17, 15) is 0 Å². The quantitative estimate of drug-likeness (QED) is 0.426. The van der Waals surface area contributed by atoms with E-state index < -0.39 is 13.4 Å². The zero-order valence-corrected chi connectivity index (χ0v) is 14.2. The maximum absolute atomic E-state index is 7.56. The number of rotatable bonds is 4. The molecule has 0 saturated heterocycles. The first-order valence-electron chi connectivity index (χ1n) is 5.37. The van der Waals surface area contributed by atoms with Gasteiger partial charge in [0.25, 0.3) is 0 Å². The second-order valence-electron chi connectivity index (χ2n) is 3.68. The van der Waals surface area contributed by atoms with Crippen LogP contribution in [0.1, 0.15) is 46.5 Å². The number of unbranched alkanes of at least 4 members (excludes halogenated alkanes) is 1. The molecule has 0 aliphatic carbocycles. The van der Waals surface area contributed by atoms with Crippen LogP contribution in [0.15, 0.2) is 0 Å². The molecule has 0 spiro atoms. The molecule has 0 fully saturated rings. The van der Waals surface area contributed by atoms with Crippen molar-refractivity contribution in [2.24, 2.45) is 5.92 Å². The molecule has 1 atom stereocenters. The van der Waals surface area contributed by atoms with Crippen molar-refractivity contribution in [2.45, 2.75) is 46.5 Å². The predicted octanol–water partition coefficient (Wildman–Crippen LogP) is 1.60. The Balaban J connectivity index is -0.000000197. The van der Waals surface area contributed by atoms with Gasteiger partial charge < -0.3 is 29.4 Å². The van der Waals surface area contributed by atoms with Gasteiger partial charge in [-0.3, -0.25) is 0 Å².